The van der Waals surface area contributed by atoms with Crippen LogP contribution in [0.1, 0.15) is 27.6 Å². The Labute approximate surface area is 203 Å². The third kappa shape index (κ3) is 4.38. The average Bonchev–Trinajstić information content (AvgIpc) is 3.50. The van der Waals surface area contributed by atoms with E-state index < -0.39 is 23.1 Å². The van der Waals surface area contributed by atoms with Gasteiger partial charge in [0.15, 0.2) is 5.82 Å². The van der Waals surface area contributed by atoms with E-state index in [4.69, 9.17) is 9.47 Å². The second-order valence-electron chi connectivity index (χ2n) is 8.00. The van der Waals surface area contributed by atoms with Crippen molar-refractivity contribution in [3.05, 3.63) is 59.3 Å². The van der Waals surface area contributed by atoms with E-state index in [1.54, 1.807) is 17.0 Å². The standard InChI is InChI=1S/C24H22F2N6O4/c1-2-36-19-11-17-16(10-13(19)24(34)32-6-8-35-9-7-32)28-22(29-17)21-18(12-27-31-21)30-23(33)20-14(25)4-3-5-15(20)26/h3-5,10-12H,2,6-9H2,1H3,(H,27,31)(H,28,29)(H,30,33). The fraction of sp³-hybridized carbons (Fsp3) is 0.250. The maximum Gasteiger partial charge on any atom is 0.261 e. The van der Waals surface area contributed by atoms with Crippen molar-refractivity contribution in [3.8, 4) is 17.3 Å². The molecular formula is C24H22F2N6O4. The van der Waals surface area contributed by atoms with Gasteiger partial charge in [-0.2, -0.15) is 5.10 Å². The number of amides is 2. The molecule has 5 rings (SSSR count). The second-order valence-corrected chi connectivity index (χ2v) is 8.00. The largest absolute Gasteiger partial charge is 0.493 e. The lowest BCUT2D eigenvalue weighted by Crippen LogP contribution is -2.40. The molecule has 3 N–H and O–H groups in total. The Morgan fingerprint density at radius 3 is 2.67 bits per heavy atom. The van der Waals surface area contributed by atoms with E-state index in [0.717, 1.165) is 12.1 Å². The van der Waals surface area contributed by atoms with E-state index in [9.17, 15) is 18.4 Å². The third-order valence-corrected chi connectivity index (χ3v) is 5.73. The molecule has 3 heterocycles. The fourth-order valence-corrected chi connectivity index (χ4v) is 4.00. The lowest BCUT2D eigenvalue weighted by Gasteiger charge is -2.27. The number of nitrogens with one attached hydrogen (secondary N) is 3. The van der Waals surface area contributed by atoms with Crippen molar-refractivity contribution in [2.45, 2.75) is 6.92 Å². The minimum absolute atomic E-state index is 0.163. The van der Waals surface area contributed by atoms with Gasteiger partial charge >= 0.3 is 0 Å². The zero-order valence-electron chi connectivity index (χ0n) is 19.2. The number of rotatable bonds is 6. The van der Waals surface area contributed by atoms with Gasteiger partial charge in [-0.3, -0.25) is 14.7 Å². The van der Waals surface area contributed by atoms with Crippen molar-refractivity contribution in [1.29, 1.82) is 0 Å². The summed E-state index contributed by atoms with van der Waals surface area (Å²) >= 11 is 0. The number of carbonyl (C=O) groups is 2. The summed E-state index contributed by atoms with van der Waals surface area (Å²) in [6.45, 7) is 4.08. The molecule has 36 heavy (non-hydrogen) atoms. The lowest BCUT2D eigenvalue weighted by molar-refractivity contribution is 0.0300. The molecule has 0 spiro atoms. The van der Waals surface area contributed by atoms with Gasteiger partial charge in [0.1, 0.15) is 28.6 Å². The van der Waals surface area contributed by atoms with Crippen LogP contribution in [0.3, 0.4) is 0 Å². The highest BCUT2D eigenvalue weighted by Crippen LogP contribution is 2.31. The number of nitrogens with zero attached hydrogens (tertiary/aromatic N) is 3. The average molecular weight is 496 g/mol. The highest BCUT2D eigenvalue weighted by molar-refractivity contribution is 6.06. The maximum absolute atomic E-state index is 14.0. The van der Waals surface area contributed by atoms with Crippen molar-refractivity contribution in [1.82, 2.24) is 25.1 Å². The minimum atomic E-state index is -0.984. The summed E-state index contributed by atoms with van der Waals surface area (Å²) < 4.78 is 39.1. The number of hydrogen-bond donors (Lipinski definition) is 3. The Balaban J connectivity index is 1.48. The van der Waals surface area contributed by atoms with Gasteiger partial charge in [-0.25, -0.2) is 13.8 Å². The number of H-pyrrole nitrogens is 2. The summed E-state index contributed by atoms with van der Waals surface area (Å²) in [4.78, 5) is 35.1. The van der Waals surface area contributed by atoms with Crippen molar-refractivity contribution >= 4 is 28.5 Å². The molecule has 12 heteroatoms. The Hall–Kier alpha value is -4.32. The van der Waals surface area contributed by atoms with E-state index in [2.05, 4.69) is 25.5 Å². The van der Waals surface area contributed by atoms with Gasteiger partial charge in [0.05, 0.1) is 48.3 Å². The van der Waals surface area contributed by atoms with Crippen LogP contribution >= 0.6 is 0 Å². The predicted molar refractivity (Wildman–Crippen MR) is 126 cm³/mol. The van der Waals surface area contributed by atoms with Gasteiger partial charge in [-0.1, -0.05) is 6.07 Å². The molecule has 10 nitrogen and oxygen atoms in total. The van der Waals surface area contributed by atoms with E-state index >= 15 is 0 Å². The molecule has 0 aliphatic carbocycles. The number of imidazole rings is 1. The first-order chi connectivity index (χ1) is 17.5. The minimum Gasteiger partial charge on any atom is -0.493 e. The molecule has 1 aliphatic rings. The summed E-state index contributed by atoms with van der Waals surface area (Å²) in [6, 6.07) is 6.50. The Bertz CT molecular complexity index is 1420. The molecule has 4 aromatic rings. The zero-order valence-corrected chi connectivity index (χ0v) is 19.2. The van der Waals surface area contributed by atoms with E-state index in [1.165, 1.54) is 12.3 Å². The number of aromatic nitrogens is 4. The number of carbonyl (C=O) groups excluding carboxylic acids is 2. The van der Waals surface area contributed by atoms with Crippen LogP contribution in [0.5, 0.6) is 5.75 Å². The lowest BCUT2D eigenvalue weighted by atomic mass is 10.1. The van der Waals surface area contributed by atoms with Crippen LogP contribution < -0.4 is 10.1 Å². The highest BCUT2D eigenvalue weighted by atomic mass is 19.1. The summed E-state index contributed by atoms with van der Waals surface area (Å²) in [5, 5.41) is 9.13. The summed E-state index contributed by atoms with van der Waals surface area (Å²) in [5.74, 6) is -2.43. The van der Waals surface area contributed by atoms with Crippen LogP contribution in [0.25, 0.3) is 22.6 Å². The molecule has 1 saturated heterocycles. The molecule has 2 amide bonds. The van der Waals surface area contributed by atoms with Crippen LogP contribution in [-0.4, -0.2) is 69.8 Å². The normalized spacial score (nSPS) is 13.7. The summed E-state index contributed by atoms with van der Waals surface area (Å²) in [5.41, 5.74) is 1.19. The van der Waals surface area contributed by atoms with Crippen molar-refractivity contribution in [2.24, 2.45) is 0 Å². The quantitative estimate of drug-likeness (QED) is 0.376. The molecule has 1 aliphatic heterocycles. The van der Waals surface area contributed by atoms with Gasteiger partial charge in [-0.15, -0.1) is 0 Å². The number of anilines is 1. The molecule has 2 aromatic carbocycles. The van der Waals surface area contributed by atoms with Crippen LogP contribution in [0.2, 0.25) is 0 Å². The van der Waals surface area contributed by atoms with Crippen LogP contribution in [-0.2, 0) is 4.74 Å². The second kappa shape index (κ2) is 9.74. The number of morpholine rings is 1. The topological polar surface area (TPSA) is 125 Å². The first-order valence-corrected chi connectivity index (χ1v) is 11.3. The Morgan fingerprint density at radius 1 is 1.19 bits per heavy atom. The number of benzene rings is 2. The first kappa shape index (κ1) is 23.4. The molecule has 0 unspecified atom stereocenters. The molecule has 0 bridgehead atoms. The smallest absolute Gasteiger partial charge is 0.261 e. The number of fused-ring (bicyclic) bond motifs is 1. The van der Waals surface area contributed by atoms with Crippen LogP contribution in [0.15, 0.2) is 36.5 Å². The van der Waals surface area contributed by atoms with Gasteiger partial charge in [0.2, 0.25) is 0 Å². The number of halogens is 2. The van der Waals surface area contributed by atoms with Gasteiger partial charge in [0.25, 0.3) is 11.8 Å². The SMILES string of the molecule is CCOc1cc2nc(-c3[nH]ncc3NC(=O)c3c(F)cccc3F)[nH]c2cc1C(=O)N1CCOCC1. The summed E-state index contributed by atoms with van der Waals surface area (Å²) in [6.07, 6.45) is 1.30. The van der Waals surface area contributed by atoms with Gasteiger partial charge < -0.3 is 24.7 Å². The molecule has 0 radical (unpaired) electrons. The van der Waals surface area contributed by atoms with E-state index in [-0.39, 0.29) is 17.3 Å². The zero-order chi connectivity index (χ0) is 25.2. The van der Waals surface area contributed by atoms with Crippen LogP contribution in [0, 0.1) is 11.6 Å². The fourth-order valence-electron chi connectivity index (χ4n) is 4.00. The van der Waals surface area contributed by atoms with Gasteiger partial charge in [-0.05, 0) is 25.1 Å². The predicted octanol–water partition coefficient (Wildman–Crippen LogP) is 3.35. The Kier molecular flexibility index (Phi) is 6.34. The number of ether oxygens (including phenoxy) is 2. The number of aromatic amines is 2. The van der Waals surface area contributed by atoms with Crippen molar-refractivity contribution in [2.75, 3.05) is 38.2 Å². The Morgan fingerprint density at radius 2 is 1.94 bits per heavy atom. The van der Waals surface area contributed by atoms with E-state index in [1.807, 2.05) is 6.92 Å². The van der Waals surface area contributed by atoms with Crippen molar-refractivity contribution in [3.63, 3.8) is 0 Å². The van der Waals surface area contributed by atoms with Gasteiger partial charge in [0, 0.05) is 19.2 Å². The highest BCUT2D eigenvalue weighted by Gasteiger charge is 2.24. The monoisotopic (exact) mass is 496 g/mol. The van der Waals surface area contributed by atoms with Crippen molar-refractivity contribution < 1.29 is 27.8 Å². The van der Waals surface area contributed by atoms with Crippen LogP contribution in [0.4, 0.5) is 14.5 Å². The molecule has 1 fully saturated rings. The van der Waals surface area contributed by atoms with E-state index in [0.29, 0.717) is 61.1 Å². The molecule has 2 aromatic heterocycles. The summed E-state index contributed by atoms with van der Waals surface area (Å²) in [7, 11) is 0. The maximum atomic E-state index is 14.0. The molecule has 186 valence electrons. The number of hydrogen-bond acceptors (Lipinski definition) is 6. The molecular weight excluding hydrogens is 474 g/mol. The first-order valence-electron chi connectivity index (χ1n) is 11.3. The molecule has 0 atom stereocenters. The molecule has 0 saturated carbocycles. The third-order valence-electron chi connectivity index (χ3n) is 5.73.